The second-order valence-corrected chi connectivity index (χ2v) is 6.06. The van der Waals surface area contributed by atoms with Gasteiger partial charge in [0.25, 0.3) is 0 Å². The van der Waals surface area contributed by atoms with Crippen molar-refractivity contribution in [2.45, 2.75) is 19.8 Å². The molecule has 0 aliphatic heterocycles. The number of aryl methyl sites for hydroxylation is 1. The maximum Gasteiger partial charge on any atom is 0.0974 e. The summed E-state index contributed by atoms with van der Waals surface area (Å²) in [5, 5.41) is 2.26. The van der Waals surface area contributed by atoms with E-state index in [2.05, 4.69) is 4.98 Å². The van der Waals surface area contributed by atoms with Crippen molar-refractivity contribution in [3.8, 4) is 0 Å². The number of nitrogens with two attached hydrogens (primary N) is 1. The van der Waals surface area contributed by atoms with E-state index in [0.29, 0.717) is 16.6 Å². The van der Waals surface area contributed by atoms with E-state index in [1.165, 1.54) is 4.88 Å². The zero-order valence-corrected chi connectivity index (χ0v) is 12.4. The van der Waals surface area contributed by atoms with Crippen molar-refractivity contribution >= 4 is 34.5 Å². The van der Waals surface area contributed by atoms with Crippen LogP contribution in [-0.2, 0) is 12.8 Å². The van der Waals surface area contributed by atoms with Gasteiger partial charge in [0, 0.05) is 11.3 Å². The first-order chi connectivity index (χ1) is 8.60. The van der Waals surface area contributed by atoms with Gasteiger partial charge in [-0.25, -0.2) is 4.98 Å². The van der Waals surface area contributed by atoms with Crippen LogP contribution in [0.3, 0.4) is 0 Å². The first-order valence-corrected chi connectivity index (χ1v) is 7.26. The van der Waals surface area contributed by atoms with E-state index < -0.39 is 0 Å². The fourth-order valence-electron chi connectivity index (χ4n) is 1.75. The van der Waals surface area contributed by atoms with Crippen LogP contribution >= 0.6 is 34.5 Å². The Bertz CT molecular complexity index is 552. The summed E-state index contributed by atoms with van der Waals surface area (Å²) in [7, 11) is 0. The number of hydrogen-bond acceptors (Lipinski definition) is 3. The van der Waals surface area contributed by atoms with Crippen LogP contribution in [0.2, 0.25) is 10.0 Å². The topological polar surface area (TPSA) is 38.9 Å². The molecule has 0 aliphatic carbocycles. The molecule has 0 bridgehead atoms. The van der Waals surface area contributed by atoms with Crippen LogP contribution in [0, 0.1) is 6.92 Å². The quantitative estimate of drug-likeness (QED) is 0.931. The first kappa shape index (κ1) is 13.8. The molecule has 2 aromatic rings. The lowest BCUT2D eigenvalue weighted by Crippen LogP contribution is -2.01. The number of hydrogen-bond donors (Lipinski definition) is 1. The highest BCUT2D eigenvalue weighted by Crippen LogP contribution is 2.26. The molecule has 2 N–H and O–H groups in total. The molecule has 1 heterocycles. The summed E-state index contributed by atoms with van der Waals surface area (Å²) >= 11 is 13.6. The summed E-state index contributed by atoms with van der Waals surface area (Å²) in [5.41, 5.74) is 7.78. The Hall–Kier alpha value is -0.610. The maximum atomic E-state index is 6.00. The first-order valence-electron chi connectivity index (χ1n) is 5.69. The van der Waals surface area contributed by atoms with Gasteiger partial charge in [-0.15, -0.1) is 11.3 Å². The molecule has 1 aromatic heterocycles. The Morgan fingerprint density at radius 2 is 2.06 bits per heavy atom. The Morgan fingerprint density at radius 3 is 2.72 bits per heavy atom. The Labute approximate surface area is 121 Å². The van der Waals surface area contributed by atoms with Crippen LogP contribution in [0.25, 0.3) is 0 Å². The summed E-state index contributed by atoms with van der Waals surface area (Å²) in [6.07, 6.45) is 1.68. The fraction of sp³-hybridized carbons (Fsp3) is 0.308. The number of nitrogens with zero attached hydrogens (tertiary/aromatic N) is 1. The highest BCUT2D eigenvalue weighted by Gasteiger charge is 2.08. The van der Waals surface area contributed by atoms with Crippen LogP contribution in [0.4, 0.5) is 0 Å². The molecule has 0 unspecified atom stereocenters. The van der Waals surface area contributed by atoms with Crippen molar-refractivity contribution in [2.24, 2.45) is 5.73 Å². The third kappa shape index (κ3) is 3.23. The molecule has 0 fully saturated rings. The lowest BCUT2D eigenvalue weighted by molar-refractivity contribution is 0.967. The highest BCUT2D eigenvalue weighted by atomic mass is 35.5. The SMILES string of the molecule is Cc1nc(Cc2ccc(Cl)c(Cl)c2)sc1CCN. The summed E-state index contributed by atoms with van der Waals surface area (Å²) in [6, 6.07) is 5.69. The Morgan fingerprint density at radius 1 is 1.28 bits per heavy atom. The molecule has 0 radical (unpaired) electrons. The predicted octanol–water partition coefficient (Wildman–Crippen LogP) is 3.85. The van der Waals surface area contributed by atoms with E-state index in [0.717, 1.165) is 29.1 Å². The van der Waals surface area contributed by atoms with E-state index in [-0.39, 0.29) is 0 Å². The van der Waals surface area contributed by atoms with Gasteiger partial charge in [0.2, 0.25) is 0 Å². The molecule has 2 nitrogen and oxygen atoms in total. The number of halogens is 2. The largest absolute Gasteiger partial charge is 0.330 e. The average molecular weight is 301 g/mol. The third-order valence-electron chi connectivity index (χ3n) is 2.65. The van der Waals surface area contributed by atoms with E-state index >= 15 is 0 Å². The van der Waals surface area contributed by atoms with Crippen LogP contribution in [0.5, 0.6) is 0 Å². The zero-order valence-electron chi connectivity index (χ0n) is 10.0. The molecule has 0 atom stereocenters. The van der Waals surface area contributed by atoms with E-state index in [1.54, 1.807) is 11.3 Å². The fourth-order valence-corrected chi connectivity index (χ4v) is 3.19. The van der Waals surface area contributed by atoms with Gasteiger partial charge in [-0.2, -0.15) is 0 Å². The molecule has 5 heteroatoms. The van der Waals surface area contributed by atoms with Gasteiger partial charge in [0.05, 0.1) is 20.7 Å². The second kappa shape index (κ2) is 6.02. The summed E-state index contributed by atoms with van der Waals surface area (Å²) in [5.74, 6) is 0. The Kier molecular flexibility index (Phi) is 4.62. The van der Waals surface area contributed by atoms with Crippen molar-refractivity contribution in [1.29, 1.82) is 0 Å². The number of aromatic nitrogens is 1. The van der Waals surface area contributed by atoms with Crippen LogP contribution in [-0.4, -0.2) is 11.5 Å². The van der Waals surface area contributed by atoms with Gasteiger partial charge in [0.15, 0.2) is 0 Å². The van der Waals surface area contributed by atoms with Crippen LogP contribution < -0.4 is 5.73 Å². The summed E-state index contributed by atoms with van der Waals surface area (Å²) in [6.45, 7) is 2.69. The minimum absolute atomic E-state index is 0.583. The lowest BCUT2D eigenvalue weighted by atomic mass is 10.2. The number of rotatable bonds is 4. The van der Waals surface area contributed by atoms with Crippen molar-refractivity contribution in [3.63, 3.8) is 0 Å². The minimum Gasteiger partial charge on any atom is -0.330 e. The smallest absolute Gasteiger partial charge is 0.0974 e. The molecule has 0 saturated carbocycles. The molecule has 18 heavy (non-hydrogen) atoms. The number of benzene rings is 1. The minimum atomic E-state index is 0.583. The van der Waals surface area contributed by atoms with Crippen molar-refractivity contribution in [2.75, 3.05) is 6.54 Å². The highest BCUT2D eigenvalue weighted by molar-refractivity contribution is 7.11. The monoisotopic (exact) mass is 300 g/mol. The summed E-state index contributed by atoms with van der Waals surface area (Å²) in [4.78, 5) is 5.83. The lowest BCUT2D eigenvalue weighted by Gasteiger charge is -2.00. The van der Waals surface area contributed by atoms with Crippen molar-refractivity contribution in [3.05, 3.63) is 49.4 Å². The number of thiazole rings is 1. The van der Waals surface area contributed by atoms with Crippen LogP contribution in [0.15, 0.2) is 18.2 Å². The molecule has 0 amide bonds. The van der Waals surface area contributed by atoms with Gasteiger partial charge in [-0.05, 0) is 37.6 Å². The molecule has 0 aliphatic rings. The molecule has 96 valence electrons. The summed E-state index contributed by atoms with van der Waals surface area (Å²) < 4.78 is 0. The van der Waals surface area contributed by atoms with Crippen molar-refractivity contribution in [1.82, 2.24) is 4.98 Å². The third-order valence-corrected chi connectivity index (χ3v) is 4.60. The van der Waals surface area contributed by atoms with E-state index in [1.807, 2.05) is 25.1 Å². The van der Waals surface area contributed by atoms with E-state index in [9.17, 15) is 0 Å². The van der Waals surface area contributed by atoms with Gasteiger partial charge < -0.3 is 5.73 Å². The van der Waals surface area contributed by atoms with Crippen LogP contribution in [0.1, 0.15) is 21.1 Å². The normalized spacial score (nSPS) is 10.9. The predicted molar refractivity (Wildman–Crippen MR) is 78.9 cm³/mol. The van der Waals surface area contributed by atoms with Crippen molar-refractivity contribution < 1.29 is 0 Å². The molecular weight excluding hydrogens is 287 g/mol. The second-order valence-electron chi connectivity index (χ2n) is 4.08. The molecule has 2 rings (SSSR count). The zero-order chi connectivity index (χ0) is 13.1. The molecule has 0 spiro atoms. The Balaban J connectivity index is 2.18. The standard InChI is InChI=1S/C13H14Cl2N2S/c1-8-12(4-5-16)18-13(17-8)7-9-2-3-10(14)11(15)6-9/h2-3,6H,4-5,7,16H2,1H3. The van der Waals surface area contributed by atoms with Gasteiger partial charge in [-0.1, -0.05) is 29.3 Å². The molecular formula is C13H14Cl2N2S. The molecule has 1 aromatic carbocycles. The van der Waals surface area contributed by atoms with Gasteiger partial charge in [0.1, 0.15) is 0 Å². The maximum absolute atomic E-state index is 6.00. The van der Waals surface area contributed by atoms with Gasteiger partial charge in [-0.3, -0.25) is 0 Å². The van der Waals surface area contributed by atoms with E-state index in [4.69, 9.17) is 28.9 Å². The molecule has 0 saturated heterocycles. The average Bonchev–Trinajstić information content (AvgIpc) is 2.65. The van der Waals surface area contributed by atoms with Gasteiger partial charge >= 0.3 is 0 Å².